The van der Waals surface area contributed by atoms with Crippen LogP contribution in [0.5, 0.6) is 0 Å². The van der Waals surface area contributed by atoms with Gasteiger partial charge in [-0.25, -0.2) is 0 Å². The van der Waals surface area contributed by atoms with E-state index in [1.165, 1.54) is 0 Å². The molecule has 0 aromatic rings. The molecule has 0 bridgehead atoms. The highest BCUT2D eigenvalue weighted by atomic mass is 16.2. The van der Waals surface area contributed by atoms with E-state index in [9.17, 15) is 4.79 Å². The fourth-order valence-corrected chi connectivity index (χ4v) is 1.10. The summed E-state index contributed by atoms with van der Waals surface area (Å²) in [5.74, 6) is 0.0346. The molecule has 11 heavy (non-hydrogen) atoms. The summed E-state index contributed by atoms with van der Waals surface area (Å²) in [6.07, 6.45) is 3.99. The molecule has 1 amide bonds. The van der Waals surface area contributed by atoms with E-state index < -0.39 is 0 Å². The van der Waals surface area contributed by atoms with Gasteiger partial charge in [-0.2, -0.15) is 0 Å². The lowest BCUT2D eigenvalue weighted by Crippen LogP contribution is -2.37. The van der Waals surface area contributed by atoms with Crippen LogP contribution >= 0.6 is 0 Å². The molecule has 1 aliphatic rings. The molecule has 0 aliphatic heterocycles. The van der Waals surface area contributed by atoms with E-state index in [0.29, 0.717) is 12.6 Å². The summed E-state index contributed by atoms with van der Waals surface area (Å²) in [5.41, 5.74) is 5.24. The normalized spacial score (nSPS) is 16.1. The van der Waals surface area contributed by atoms with Crippen LogP contribution in [-0.2, 0) is 4.79 Å². The molecule has 1 saturated carbocycles. The molecule has 3 heteroatoms. The van der Waals surface area contributed by atoms with E-state index in [4.69, 9.17) is 5.73 Å². The van der Waals surface area contributed by atoms with Crippen LogP contribution in [0.1, 0.15) is 12.8 Å². The van der Waals surface area contributed by atoms with Crippen molar-refractivity contribution >= 4 is 5.91 Å². The lowest BCUT2D eigenvalue weighted by Gasteiger charge is -2.19. The Morgan fingerprint density at radius 1 is 1.73 bits per heavy atom. The van der Waals surface area contributed by atoms with Gasteiger partial charge in [0.2, 0.25) is 5.91 Å². The van der Waals surface area contributed by atoms with Gasteiger partial charge in [0.25, 0.3) is 0 Å². The van der Waals surface area contributed by atoms with Crippen LogP contribution in [0, 0.1) is 0 Å². The van der Waals surface area contributed by atoms with E-state index in [1.807, 2.05) is 0 Å². The van der Waals surface area contributed by atoms with Gasteiger partial charge in [-0.15, -0.1) is 6.58 Å². The van der Waals surface area contributed by atoms with Crippen LogP contribution in [0.15, 0.2) is 12.7 Å². The van der Waals surface area contributed by atoms with E-state index in [-0.39, 0.29) is 12.5 Å². The molecule has 3 nitrogen and oxygen atoms in total. The van der Waals surface area contributed by atoms with Crippen LogP contribution < -0.4 is 5.73 Å². The Morgan fingerprint density at radius 2 is 2.36 bits per heavy atom. The summed E-state index contributed by atoms with van der Waals surface area (Å²) in [6.45, 7) is 4.35. The Balaban J connectivity index is 2.43. The van der Waals surface area contributed by atoms with Crippen molar-refractivity contribution in [1.82, 2.24) is 4.90 Å². The third-order valence-electron chi connectivity index (χ3n) is 1.81. The van der Waals surface area contributed by atoms with Gasteiger partial charge in [-0.3, -0.25) is 4.79 Å². The van der Waals surface area contributed by atoms with Crippen molar-refractivity contribution < 1.29 is 4.79 Å². The van der Waals surface area contributed by atoms with Gasteiger partial charge in [0.15, 0.2) is 0 Å². The molecule has 0 spiro atoms. The molecule has 0 aromatic heterocycles. The summed E-state index contributed by atoms with van der Waals surface area (Å²) in [4.78, 5) is 12.9. The van der Waals surface area contributed by atoms with E-state index >= 15 is 0 Å². The Labute approximate surface area is 66.9 Å². The number of carbonyl (C=O) groups excluding carboxylic acids is 1. The van der Waals surface area contributed by atoms with E-state index in [1.54, 1.807) is 11.0 Å². The predicted octanol–water partition coefficient (Wildman–Crippen LogP) is 0.122. The van der Waals surface area contributed by atoms with Gasteiger partial charge in [0.1, 0.15) is 0 Å². The molecular formula is C8H14N2O. The number of hydrogen-bond donors (Lipinski definition) is 1. The molecule has 0 atom stereocenters. The first-order chi connectivity index (χ1) is 5.29. The average Bonchev–Trinajstić information content (AvgIpc) is 2.81. The summed E-state index contributed by atoms with van der Waals surface area (Å²) in [6, 6.07) is 0.448. The fraction of sp³-hybridized carbons (Fsp3) is 0.625. The van der Waals surface area contributed by atoms with Crippen LogP contribution in [-0.4, -0.2) is 29.9 Å². The lowest BCUT2D eigenvalue weighted by molar-refractivity contribution is -0.129. The topological polar surface area (TPSA) is 46.3 Å². The second-order valence-electron chi connectivity index (χ2n) is 2.77. The van der Waals surface area contributed by atoms with Crippen molar-refractivity contribution in [2.24, 2.45) is 5.73 Å². The van der Waals surface area contributed by atoms with Crippen LogP contribution in [0.2, 0.25) is 0 Å². The second kappa shape index (κ2) is 3.53. The van der Waals surface area contributed by atoms with E-state index in [0.717, 1.165) is 12.8 Å². The first-order valence-corrected chi connectivity index (χ1v) is 3.90. The molecule has 0 aromatic carbocycles. The number of amides is 1. The summed E-state index contributed by atoms with van der Waals surface area (Å²) in [7, 11) is 0. The third kappa shape index (κ3) is 2.05. The van der Waals surface area contributed by atoms with Crippen molar-refractivity contribution in [3.05, 3.63) is 12.7 Å². The number of carbonyl (C=O) groups is 1. The standard InChI is InChI=1S/C8H14N2O/c1-2-5-10(7-3-4-7)8(11)6-9/h2,7H,1,3-6,9H2. The summed E-state index contributed by atoms with van der Waals surface area (Å²) < 4.78 is 0. The SMILES string of the molecule is C=CCN(C(=O)CN)C1CC1. The minimum Gasteiger partial charge on any atom is -0.335 e. The van der Waals surface area contributed by atoms with Gasteiger partial charge in [-0.05, 0) is 12.8 Å². The molecule has 1 fully saturated rings. The second-order valence-corrected chi connectivity index (χ2v) is 2.77. The van der Waals surface area contributed by atoms with Crippen LogP contribution in [0.3, 0.4) is 0 Å². The number of nitrogens with two attached hydrogens (primary N) is 1. The number of rotatable bonds is 4. The van der Waals surface area contributed by atoms with E-state index in [2.05, 4.69) is 6.58 Å². The van der Waals surface area contributed by atoms with Crippen molar-refractivity contribution in [3.63, 3.8) is 0 Å². The van der Waals surface area contributed by atoms with Crippen molar-refractivity contribution in [3.8, 4) is 0 Å². The first-order valence-electron chi connectivity index (χ1n) is 3.90. The average molecular weight is 154 g/mol. The van der Waals surface area contributed by atoms with Crippen LogP contribution in [0.25, 0.3) is 0 Å². The maximum atomic E-state index is 11.1. The minimum absolute atomic E-state index is 0.0346. The number of nitrogens with zero attached hydrogens (tertiary/aromatic N) is 1. The first kappa shape index (κ1) is 8.27. The summed E-state index contributed by atoms with van der Waals surface area (Å²) in [5, 5.41) is 0. The molecule has 0 radical (unpaired) electrons. The predicted molar refractivity (Wildman–Crippen MR) is 44.0 cm³/mol. The molecule has 1 rings (SSSR count). The largest absolute Gasteiger partial charge is 0.335 e. The Hall–Kier alpha value is -0.830. The molecule has 0 heterocycles. The Bertz CT molecular complexity index is 163. The molecule has 0 saturated heterocycles. The zero-order valence-corrected chi connectivity index (χ0v) is 6.62. The van der Waals surface area contributed by atoms with Gasteiger partial charge >= 0.3 is 0 Å². The molecule has 1 aliphatic carbocycles. The lowest BCUT2D eigenvalue weighted by atomic mass is 10.4. The van der Waals surface area contributed by atoms with Crippen LogP contribution in [0.4, 0.5) is 0 Å². The molecule has 0 unspecified atom stereocenters. The van der Waals surface area contributed by atoms with Gasteiger partial charge in [0, 0.05) is 12.6 Å². The van der Waals surface area contributed by atoms with Gasteiger partial charge < -0.3 is 10.6 Å². The minimum atomic E-state index is 0.0346. The third-order valence-corrected chi connectivity index (χ3v) is 1.81. The maximum Gasteiger partial charge on any atom is 0.236 e. The van der Waals surface area contributed by atoms with Crippen molar-refractivity contribution in [1.29, 1.82) is 0 Å². The molecule has 2 N–H and O–H groups in total. The van der Waals surface area contributed by atoms with Gasteiger partial charge in [0.05, 0.1) is 6.54 Å². The zero-order chi connectivity index (χ0) is 8.27. The highest BCUT2D eigenvalue weighted by Crippen LogP contribution is 2.26. The molecule has 62 valence electrons. The zero-order valence-electron chi connectivity index (χ0n) is 6.62. The van der Waals surface area contributed by atoms with Gasteiger partial charge in [-0.1, -0.05) is 6.08 Å². The monoisotopic (exact) mass is 154 g/mol. The summed E-state index contributed by atoms with van der Waals surface area (Å²) >= 11 is 0. The Kier molecular flexibility index (Phi) is 2.65. The maximum absolute atomic E-state index is 11.1. The quantitative estimate of drug-likeness (QED) is 0.585. The molecular weight excluding hydrogens is 140 g/mol. The smallest absolute Gasteiger partial charge is 0.236 e. The van der Waals surface area contributed by atoms with Crippen molar-refractivity contribution in [2.75, 3.05) is 13.1 Å². The fourth-order valence-electron chi connectivity index (χ4n) is 1.10. The number of hydrogen-bond acceptors (Lipinski definition) is 2. The highest BCUT2D eigenvalue weighted by Gasteiger charge is 2.30. The Morgan fingerprint density at radius 3 is 2.73 bits per heavy atom. The highest BCUT2D eigenvalue weighted by molar-refractivity contribution is 5.78. The van der Waals surface area contributed by atoms with Crippen molar-refractivity contribution in [2.45, 2.75) is 18.9 Å².